The molecule has 2 rings (SSSR count). The Hall–Kier alpha value is -1.96. The lowest BCUT2D eigenvalue weighted by molar-refractivity contribution is -0.137. The van der Waals surface area contributed by atoms with Gasteiger partial charge in [0.05, 0.1) is 16.3 Å². The first-order valence-corrected chi connectivity index (χ1v) is 6.95. The molecule has 1 heterocycles. The molecule has 120 valence electrons. The SMILES string of the molecule is NC(=Nc1cc(C(F)(F)F)ccc1Cl)/N=C(\N)N1CCCC1. The molecule has 1 fully saturated rings. The monoisotopic (exact) mass is 333 g/mol. The number of nitrogens with two attached hydrogens (primary N) is 2. The molecule has 0 spiro atoms. The molecular formula is C13H15ClF3N5. The zero-order valence-corrected chi connectivity index (χ0v) is 12.3. The Balaban J connectivity index is 2.25. The molecule has 0 atom stereocenters. The van der Waals surface area contributed by atoms with Crippen LogP contribution in [0.2, 0.25) is 5.02 Å². The van der Waals surface area contributed by atoms with E-state index in [4.69, 9.17) is 23.1 Å². The summed E-state index contributed by atoms with van der Waals surface area (Å²) in [6.07, 6.45) is -2.47. The Labute approximate surface area is 130 Å². The van der Waals surface area contributed by atoms with E-state index in [1.165, 1.54) is 0 Å². The third kappa shape index (κ3) is 4.03. The standard InChI is InChI=1S/C13H15ClF3N5/c14-9-4-3-8(13(15,16)17)7-10(9)20-11(18)21-12(19)22-5-1-2-6-22/h3-4,7H,1-2,5-6H2,(H4,18,19,20,21). The Kier molecular flexibility index (Phi) is 4.80. The van der Waals surface area contributed by atoms with Crippen LogP contribution in [0.3, 0.4) is 0 Å². The van der Waals surface area contributed by atoms with Crippen LogP contribution >= 0.6 is 11.6 Å². The molecule has 4 N–H and O–H groups in total. The number of likely N-dealkylation sites (tertiary alicyclic amines) is 1. The Bertz CT molecular complexity index is 606. The quantitative estimate of drug-likeness (QED) is 0.612. The van der Waals surface area contributed by atoms with Crippen LogP contribution < -0.4 is 11.5 Å². The molecule has 1 aromatic carbocycles. The molecule has 0 bridgehead atoms. The summed E-state index contributed by atoms with van der Waals surface area (Å²) in [7, 11) is 0. The summed E-state index contributed by atoms with van der Waals surface area (Å²) < 4.78 is 38.0. The summed E-state index contributed by atoms with van der Waals surface area (Å²) in [6.45, 7) is 1.54. The zero-order valence-electron chi connectivity index (χ0n) is 11.6. The average Bonchev–Trinajstić information content (AvgIpc) is 2.94. The number of hydrogen-bond donors (Lipinski definition) is 2. The summed E-state index contributed by atoms with van der Waals surface area (Å²) >= 11 is 5.83. The van der Waals surface area contributed by atoms with Crippen LogP contribution in [0.4, 0.5) is 18.9 Å². The summed E-state index contributed by atoms with van der Waals surface area (Å²) in [6, 6.07) is 2.81. The normalized spacial score (nSPS) is 17.2. The molecule has 1 aliphatic heterocycles. The number of guanidine groups is 2. The van der Waals surface area contributed by atoms with Crippen LogP contribution in [-0.2, 0) is 6.18 Å². The Morgan fingerprint density at radius 3 is 2.41 bits per heavy atom. The molecule has 0 amide bonds. The Morgan fingerprint density at radius 2 is 1.82 bits per heavy atom. The van der Waals surface area contributed by atoms with Crippen LogP contribution in [0.1, 0.15) is 18.4 Å². The molecule has 9 heteroatoms. The molecule has 0 saturated carbocycles. The van der Waals surface area contributed by atoms with Crippen LogP contribution in [0.25, 0.3) is 0 Å². The lowest BCUT2D eigenvalue weighted by Crippen LogP contribution is -2.36. The van der Waals surface area contributed by atoms with Crippen molar-refractivity contribution in [3.63, 3.8) is 0 Å². The van der Waals surface area contributed by atoms with Gasteiger partial charge in [0, 0.05) is 13.1 Å². The molecule has 0 aliphatic carbocycles. The van der Waals surface area contributed by atoms with Gasteiger partial charge in [-0.25, -0.2) is 4.99 Å². The molecule has 1 aromatic rings. The van der Waals surface area contributed by atoms with Crippen molar-refractivity contribution < 1.29 is 13.2 Å². The van der Waals surface area contributed by atoms with Crippen LogP contribution in [-0.4, -0.2) is 29.9 Å². The molecule has 5 nitrogen and oxygen atoms in total. The van der Waals surface area contributed by atoms with Gasteiger partial charge in [0.2, 0.25) is 5.96 Å². The van der Waals surface area contributed by atoms with Crippen molar-refractivity contribution in [2.45, 2.75) is 19.0 Å². The minimum absolute atomic E-state index is 0.0471. The fourth-order valence-electron chi connectivity index (χ4n) is 2.06. The first kappa shape index (κ1) is 16.4. The topological polar surface area (TPSA) is 80.0 Å². The summed E-state index contributed by atoms with van der Waals surface area (Å²) in [5.74, 6) is -0.0486. The molecule has 1 aliphatic rings. The molecular weight excluding hydrogens is 319 g/mol. The number of halogens is 4. The van der Waals surface area contributed by atoms with Gasteiger partial charge in [0.15, 0.2) is 5.96 Å². The maximum absolute atomic E-state index is 12.7. The number of benzene rings is 1. The van der Waals surface area contributed by atoms with Crippen molar-refractivity contribution in [2.24, 2.45) is 21.5 Å². The maximum atomic E-state index is 12.7. The lowest BCUT2D eigenvalue weighted by Gasteiger charge is -2.15. The summed E-state index contributed by atoms with van der Waals surface area (Å²) in [5.41, 5.74) is 10.4. The third-order valence-electron chi connectivity index (χ3n) is 3.17. The lowest BCUT2D eigenvalue weighted by atomic mass is 10.2. The van der Waals surface area contributed by atoms with Gasteiger partial charge in [0.1, 0.15) is 0 Å². The van der Waals surface area contributed by atoms with Gasteiger partial charge < -0.3 is 16.4 Å². The second-order valence-electron chi connectivity index (χ2n) is 4.80. The van der Waals surface area contributed by atoms with E-state index in [9.17, 15) is 13.2 Å². The maximum Gasteiger partial charge on any atom is 0.416 e. The molecule has 0 aromatic heterocycles. The van der Waals surface area contributed by atoms with E-state index in [1.54, 1.807) is 0 Å². The van der Waals surface area contributed by atoms with Gasteiger partial charge in [-0.1, -0.05) is 11.6 Å². The predicted molar refractivity (Wildman–Crippen MR) is 80.2 cm³/mol. The number of hydrogen-bond acceptors (Lipinski definition) is 1. The number of alkyl halides is 3. The van der Waals surface area contributed by atoms with E-state index in [2.05, 4.69) is 9.98 Å². The van der Waals surface area contributed by atoms with E-state index in [0.717, 1.165) is 44.1 Å². The third-order valence-corrected chi connectivity index (χ3v) is 3.49. The molecule has 1 saturated heterocycles. The fourth-order valence-corrected chi connectivity index (χ4v) is 2.22. The van der Waals surface area contributed by atoms with E-state index < -0.39 is 11.7 Å². The van der Waals surface area contributed by atoms with E-state index in [-0.39, 0.29) is 22.6 Å². The van der Waals surface area contributed by atoms with E-state index in [1.807, 2.05) is 4.90 Å². The number of aliphatic imine (C=N–C) groups is 2. The van der Waals surface area contributed by atoms with Gasteiger partial charge in [-0.15, -0.1) is 0 Å². The second kappa shape index (κ2) is 6.43. The van der Waals surface area contributed by atoms with Crippen molar-refractivity contribution in [3.05, 3.63) is 28.8 Å². The number of rotatable bonds is 1. The van der Waals surface area contributed by atoms with Gasteiger partial charge in [0.25, 0.3) is 0 Å². The first-order valence-electron chi connectivity index (χ1n) is 6.57. The second-order valence-corrected chi connectivity index (χ2v) is 5.21. The van der Waals surface area contributed by atoms with Crippen molar-refractivity contribution in [3.8, 4) is 0 Å². The summed E-state index contributed by atoms with van der Waals surface area (Å²) in [5, 5.41) is 0.0471. The zero-order chi connectivity index (χ0) is 16.3. The Morgan fingerprint density at radius 1 is 1.18 bits per heavy atom. The van der Waals surface area contributed by atoms with Crippen LogP contribution in [0.5, 0.6) is 0 Å². The van der Waals surface area contributed by atoms with Crippen molar-refractivity contribution in [1.82, 2.24) is 4.90 Å². The smallest absolute Gasteiger partial charge is 0.369 e. The van der Waals surface area contributed by atoms with Gasteiger partial charge in [-0.2, -0.15) is 18.2 Å². The highest BCUT2D eigenvalue weighted by atomic mass is 35.5. The van der Waals surface area contributed by atoms with Crippen molar-refractivity contribution in [1.29, 1.82) is 0 Å². The highest BCUT2D eigenvalue weighted by Gasteiger charge is 2.31. The highest BCUT2D eigenvalue weighted by Crippen LogP contribution is 2.35. The van der Waals surface area contributed by atoms with Crippen LogP contribution in [0.15, 0.2) is 28.2 Å². The molecule has 0 radical (unpaired) electrons. The first-order chi connectivity index (χ1) is 10.3. The van der Waals surface area contributed by atoms with Gasteiger partial charge >= 0.3 is 6.18 Å². The van der Waals surface area contributed by atoms with Gasteiger partial charge in [-0.05, 0) is 31.0 Å². The van der Waals surface area contributed by atoms with Crippen LogP contribution in [0, 0.1) is 0 Å². The minimum Gasteiger partial charge on any atom is -0.369 e. The van der Waals surface area contributed by atoms with Crippen molar-refractivity contribution >= 4 is 29.2 Å². The highest BCUT2D eigenvalue weighted by molar-refractivity contribution is 6.33. The van der Waals surface area contributed by atoms with E-state index >= 15 is 0 Å². The van der Waals surface area contributed by atoms with Gasteiger partial charge in [-0.3, -0.25) is 0 Å². The fraction of sp³-hybridized carbons (Fsp3) is 0.385. The predicted octanol–water partition coefficient (Wildman–Crippen LogP) is 2.72. The van der Waals surface area contributed by atoms with Crippen molar-refractivity contribution in [2.75, 3.05) is 13.1 Å². The molecule has 0 unspecified atom stereocenters. The molecule has 22 heavy (non-hydrogen) atoms. The van der Waals surface area contributed by atoms with E-state index in [0.29, 0.717) is 0 Å². The minimum atomic E-state index is -4.48. The average molecular weight is 334 g/mol. The summed E-state index contributed by atoms with van der Waals surface area (Å²) in [4.78, 5) is 9.54. The largest absolute Gasteiger partial charge is 0.416 e. The number of nitrogens with zero attached hydrogens (tertiary/aromatic N) is 3.